The van der Waals surface area contributed by atoms with Crippen molar-refractivity contribution in [1.82, 2.24) is 5.32 Å². The van der Waals surface area contributed by atoms with E-state index >= 15 is 0 Å². The molecule has 2 atom stereocenters. The van der Waals surface area contributed by atoms with Crippen LogP contribution in [0.25, 0.3) is 0 Å². The average Bonchev–Trinajstić information content (AvgIpc) is 2.88. The number of nitrogens with zero attached hydrogens (tertiary/aromatic N) is 1. The second-order valence-corrected chi connectivity index (χ2v) is 6.41. The second kappa shape index (κ2) is 6.98. The Balaban J connectivity index is 2.09. The fraction of sp³-hybridized carbons (Fsp3) is 0.471. The van der Waals surface area contributed by atoms with Gasteiger partial charge in [0, 0.05) is 18.7 Å². The second-order valence-electron chi connectivity index (χ2n) is 6.41. The summed E-state index contributed by atoms with van der Waals surface area (Å²) in [6.07, 6.45) is 0.00664. The van der Waals surface area contributed by atoms with Gasteiger partial charge in [-0.2, -0.15) is 0 Å². The van der Waals surface area contributed by atoms with Gasteiger partial charge in [0.15, 0.2) is 0 Å². The van der Waals surface area contributed by atoms with Crippen molar-refractivity contribution in [3.63, 3.8) is 0 Å². The fourth-order valence-electron chi connectivity index (χ4n) is 2.71. The Bertz CT molecular complexity index is 675. The number of carboxylic acid groups (broad SMARTS) is 1. The highest BCUT2D eigenvalue weighted by Gasteiger charge is 2.37. The van der Waals surface area contributed by atoms with Crippen molar-refractivity contribution in [3.05, 3.63) is 29.6 Å². The lowest BCUT2D eigenvalue weighted by atomic mass is 10.0. The van der Waals surface area contributed by atoms with E-state index in [2.05, 4.69) is 5.32 Å². The van der Waals surface area contributed by atoms with Gasteiger partial charge in [0.25, 0.3) is 0 Å². The minimum atomic E-state index is -1.10. The molecular weight excluding hydrogens is 315 g/mol. The number of carbonyl (C=O) groups excluding carboxylic acids is 2. The molecule has 1 aliphatic heterocycles. The van der Waals surface area contributed by atoms with E-state index in [1.807, 2.05) is 0 Å². The Morgan fingerprint density at radius 2 is 2.04 bits per heavy atom. The predicted molar refractivity (Wildman–Crippen MR) is 86.0 cm³/mol. The van der Waals surface area contributed by atoms with Crippen LogP contribution in [0.3, 0.4) is 0 Å². The summed E-state index contributed by atoms with van der Waals surface area (Å²) >= 11 is 0. The maximum Gasteiger partial charge on any atom is 0.326 e. The van der Waals surface area contributed by atoms with Crippen molar-refractivity contribution in [3.8, 4) is 0 Å². The van der Waals surface area contributed by atoms with Gasteiger partial charge in [-0.05, 0) is 36.6 Å². The Morgan fingerprint density at radius 3 is 2.58 bits per heavy atom. The van der Waals surface area contributed by atoms with Crippen molar-refractivity contribution >= 4 is 23.5 Å². The lowest BCUT2D eigenvalue weighted by molar-refractivity contribution is -0.143. The van der Waals surface area contributed by atoms with Crippen LogP contribution in [0.2, 0.25) is 0 Å². The number of carbonyl (C=O) groups is 3. The van der Waals surface area contributed by atoms with Crippen LogP contribution in [0.1, 0.15) is 25.8 Å². The van der Waals surface area contributed by atoms with Gasteiger partial charge < -0.3 is 15.3 Å². The summed E-state index contributed by atoms with van der Waals surface area (Å²) in [6, 6.07) is 3.34. The van der Waals surface area contributed by atoms with Gasteiger partial charge in [-0.25, -0.2) is 9.18 Å². The first kappa shape index (κ1) is 17.9. The highest BCUT2D eigenvalue weighted by molar-refractivity contribution is 6.00. The summed E-state index contributed by atoms with van der Waals surface area (Å²) < 4.78 is 13.4. The van der Waals surface area contributed by atoms with Crippen molar-refractivity contribution in [1.29, 1.82) is 0 Å². The zero-order valence-electron chi connectivity index (χ0n) is 13.9. The van der Waals surface area contributed by atoms with E-state index in [1.54, 1.807) is 26.8 Å². The van der Waals surface area contributed by atoms with Crippen molar-refractivity contribution in [2.24, 2.45) is 11.8 Å². The van der Waals surface area contributed by atoms with Crippen LogP contribution in [0.4, 0.5) is 10.1 Å². The molecule has 130 valence electrons. The molecule has 2 amide bonds. The van der Waals surface area contributed by atoms with E-state index in [9.17, 15) is 18.8 Å². The minimum Gasteiger partial charge on any atom is -0.480 e. The topological polar surface area (TPSA) is 86.7 Å². The van der Waals surface area contributed by atoms with Crippen LogP contribution in [0.15, 0.2) is 18.2 Å². The van der Waals surface area contributed by atoms with Crippen LogP contribution in [0.5, 0.6) is 0 Å². The van der Waals surface area contributed by atoms with Gasteiger partial charge in [0.05, 0.1) is 5.92 Å². The lowest BCUT2D eigenvalue weighted by Crippen LogP contribution is -2.47. The van der Waals surface area contributed by atoms with E-state index in [4.69, 9.17) is 5.11 Å². The van der Waals surface area contributed by atoms with E-state index < -0.39 is 23.8 Å². The van der Waals surface area contributed by atoms with Gasteiger partial charge in [-0.3, -0.25) is 9.59 Å². The van der Waals surface area contributed by atoms with E-state index in [0.29, 0.717) is 11.3 Å². The number of nitrogens with one attached hydrogen (secondary N) is 1. The number of aryl methyl sites for hydroxylation is 1. The maximum absolute atomic E-state index is 13.4. The van der Waals surface area contributed by atoms with Gasteiger partial charge in [0.2, 0.25) is 11.8 Å². The van der Waals surface area contributed by atoms with Gasteiger partial charge >= 0.3 is 5.97 Å². The summed E-state index contributed by atoms with van der Waals surface area (Å²) in [5.74, 6) is -3.04. The SMILES string of the molecule is Cc1cc(N2CC(C(=O)NC(C(=O)O)C(C)C)CC2=O)ccc1F. The first-order valence-electron chi connectivity index (χ1n) is 7.80. The monoisotopic (exact) mass is 336 g/mol. The van der Waals surface area contributed by atoms with Crippen LogP contribution < -0.4 is 10.2 Å². The number of hydrogen-bond donors (Lipinski definition) is 2. The molecule has 2 N–H and O–H groups in total. The van der Waals surface area contributed by atoms with Crippen LogP contribution in [-0.4, -0.2) is 35.5 Å². The molecule has 1 fully saturated rings. The number of hydrogen-bond acceptors (Lipinski definition) is 3. The summed E-state index contributed by atoms with van der Waals surface area (Å²) in [6.45, 7) is 5.16. The molecule has 1 aromatic carbocycles. The molecule has 0 aromatic heterocycles. The Kier molecular flexibility index (Phi) is 5.21. The molecule has 1 aromatic rings. The zero-order valence-corrected chi connectivity index (χ0v) is 13.9. The fourth-order valence-corrected chi connectivity index (χ4v) is 2.71. The number of halogens is 1. The van der Waals surface area contributed by atoms with Crippen LogP contribution in [0, 0.1) is 24.6 Å². The number of anilines is 1. The van der Waals surface area contributed by atoms with Crippen LogP contribution >= 0.6 is 0 Å². The normalized spacial score (nSPS) is 18.8. The summed E-state index contributed by atoms with van der Waals surface area (Å²) in [5, 5.41) is 11.6. The predicted octanol–water partition coefficient (Wildman–Crippen LogP) is 1.71. The molecule has 0 radical (unpaired) electrons. The Labute approximate surface area is 139 Å². The summed E-state index contributed by atoms with van der Waals surface area (Å²) in [5.41, 5.74) is 0.951. The third-order valence-electron chi connectivity index (χ3n) is 4.18. The molecule has 2 rings (SSSR count). The highest BCUT2D eigenvalue weighted by Crippen LogP contribution is 2.27. The minimum absolute atomic E-state index is 0.00664. The standard InChI is InChI=1S/C17H21FN2O4/c1-9(2)15(17(23)24)19-16(22)11-7-14(21)20(8-11)12-4-5-13(18)10(3)6-12/h4-6,9,11,15H,7-8H2,1-3H3,(H,19,22)(H,23,24). The van der Waals surface area contributed by atoms with Crippen molar-refractivity contribution in [2.75, 3.05) is 11.4 Å². The smallest absolute Gasteiger partial charge is 0.326 e. The van der Waals surface area contributed by atoms with Crippen LogP contribution in [-0.2, 0) is 14.4 Å². The molecule has 2 unspecified atom stereocenters. The molecule has 1 saturated heterocycles. The van der Waals surface area contributed by atoms with E-state index in [1.165, 1.54) is 17.0 Å². The Hall–Kier alpha value is -2.44. The van der Waals surface area contributed by atoms with Crippen molar-refractivity contribution in [2.45, 2.75) is 33.2 Å². The largest absolute Gasteiger partial charge is 0.480 e. The molecule has 6 nitrogen and oxygen atoms in total. The van der Waals surface area contributed by atoms with Gasteiger partial charge in [-0.15, -0.1) is 0 Å². The van der Waals surface area contributed by atoms with Gasteiger partial charge in [-0.1, -0.05) is 13.8 Å². The Morgan fingerprint density at radius 1 is 1.38 bits per heavy atom. The molecule has 1 heterocycles. The van der Waals surface area contributed by atoms with E-state index in [-0.39, 0.29) is 30.6 Å². The number of benzene rings is 1. The average molecular weight is 336 g/mol. The first-order chi connectivity index (χ1) is 11.2. The third-order valence-corrected chi connectivity index (χ3v) is 4.18. The number of amides is 2. The lowest BCUT2D eigenvalue weighted by Gasteiger charge is -2.21. The quantitative estimate of drug-likeness (QED) is 0.857. The molecular formula is C17H21FN2O4. The molecule has 0 aliphatic carbocycles. The number of rotatable bonds is 5. The third kappa shape index (κ3) is 3.72. The molecule has 24 heavy (non-hydrogen) atoms. The number of carboxylic acids is 1. The zero-order chi connectivity index (χ0) is 18.0. The molecule has 7 heteroatoms. The highest BCUT2D eigenvalue weighted by atomic mass is 19.1. The molecule has 0 spiro atoms. The van der Waals surface area contributed by atoms with Crippen molar-refractivity contribution < 1.29 is 23.9 Å². The summed E-state index contributed by atoms with van der Waals surface area (Å²) in [4.78, 5) is 37.1. The van der Waals surface area contributed by atoms with E-state index in [0.717, 1.165) is 0 Å². The first-order valence-corrected chi connectivity index (χ1v) is 7.80. The maximum atomic E-state index is 13.4. The molecule has 1 aliphatic rings. The molecule has 0 saturated carbocycles. The number of aliphatic carboxylic acids is 1. The summed E-state index contributed by atoms with van der Waals surface area (Å²) in [7, 11) is 0. The molecule has 0 bridgehead atoms. The van der Waals surface area contributed by atoms with Gasteiger partial charge in [0.1, 0.15) is 11.9 Å².